The number of aryl methyl sites for hydroxylation is 2. The predicted molar refractivity (Wildman–Crippen MR) is 92.9 cm³/mol. The number of hydrogen-bond donors (Lipinski definition) is 1. The Bertz CT molecular complexity index is 567. The molecule has 3 aliphatic rings. The Morgan fingerprint density at radius 2 is 1.92 bits per heavy atom. The lowest BCUT2D eigenvalue weighted by Gasteiger charge is -2.34. The van der Waals surface area contributed by atoms with Gasteiger partial charge in [-0.1, -0.05) is 0 Å². The molecule has 1 aromatic rings. The molecule has 0 saturated carbocycles. The van der Waals surface area contributed by atoms with Crippen molar-refractivity contribution in [2.45, 2.75) is 44.6 Å². The van der Waals surface area contributed by atoms with Crippen molar-refractivity contribution in [1.29, 1.82) is 0 Å². The highest BCUT2D eigenvalue weighted by Gasteiger charge is 2.32. The van der Waals surface area contributed by atoms with E-state index in [0.29, 0.717) is 12.6 Å². The lowest BCUT2D eigenvalue weighted by atomic mass is 10.0. The van der Waals surface area contributed by atoms with Crippen LogP contribution in [0.3, 0.4) is 0 Å². The van der Waals surface area contributed by atoms with Crippen LogP contribution in [-0.4, -0.2) is 76.9 Å². The molecule has 0 radical (unpaired) electrons. The van der Waals surface area contributed by atoms with E-state index in [2.05, 4.69) is 21.8 Å². The summed E-state index contributed by atoms with van der Waals surface area (Å²) in [4.78, 5) is 27.8. The molecule has 0 aromatic carbocycles. The first-order chi connectivity index (χ1) is 11.7. The number of aromatic amines is 1. The third-order valence-corrected chi connectivity index (χ3v) is 5.85. The van der Waals surface area contributed by atoms with Crippen LogP contribution in [-0.2, 0) is 17.6 Å². The summed E-state index contributed by atoms with van der Waals surface area (Å²) in [6.07, 6.45) is 7.04. The van der Waals surface area contributed by atoms with Crippen LogP contribution in [0.25, 0.3) is 0 Å². The van der Waals surface area contributed by atoms with Gasteiger partial charge in [0.25, 0.3) is 0 Å². The molecule has 0 spiro atoms. The normalized spacial score (nSPS) is 25.9. The molecule has 6 nitrogen and oxygen atoms in total. The summed E-state index contributed by atoms with van der Waals surface area (Å²) >= 11 is 0. The van der Waals surface area contributed by atoms with E-state index in [9.17, 15) is 4.79 Å². The van der Waals surface area contributed by atoms with Crippen LogP contribution in [0.1, 0.15) is 48.9 Å². The van der Waals surface area contributed by atoms with E-state index in [1.54, 1.807) is 0 Å². The van der Waals surface area contributed by atoms with E-state index in [-0.39, 0.29) is 5.91 Å². The maximum Gasteiger partial charge on any atom is 0.236 e. The number of aromatic nitrogens is 2. The van der Waals surface area contributed by atoms with E-state index in [4.69, 9.17) is 4.98 Å². The molecule has 1 N–H and O–H groups in total. The van der Waals surface area contributed by atoms with Crippen molar-refractivity contribution in [3.8, 4) is 0 Å². The summed E-state index contributed by atoms with van der Waals surface area (Å²) in [5.74, 6) is 1.39. The molecule has 0 bridgehead atoms. The summed E-state index contributed by atoms with van der Waals surface area (Å²) in [7, 11) is 2.12. The molecule has 2 saturated heterocycles. The van der Waals surface area contributed by atoms with Crippen LogP contribution in [0.4, 0.5) is 0 Å². The van der Waals surface area contributed by atoms with Gasteiger partial charge in [0.15, 0.2) is 0 Å². The molecule has 4 rings (SSSR count). The van der Waals surface area contributed by atoms with Gasteiger partial charge in [0, 0.05) is 31.9 Å². The average Bonchev–Trinajstić information content (AvgIpc) is 3.21. The van der Waals surface area contributed by atoms with Crippen molar-refractivity contribution in [1.82, 2.24) is 24.7 Å². The summed E-state index contributed by atoms with van der Waals surface area (Å²) in [6, 6.07) is 0.298. The largest absolute Gasteiger partial charge is 0.344 e. The minimum Gasteiger partial charge on any atom is -0.344 e. The lowest BCUT2D eigenvalue weighted by molar-refractivity contribution is -0.134. The number of carbonyl (C=O) groups excluding carboxylic acids is 1. The van der Waals surface area contributed by atoms with Gasteiger partial charge in [-0.2, -0.15) is 0 Å². The maximum absolute atomic E-state index is 12.7. The second kappa shape index (κ2) is 6.84. The Hall–Kier alpha value is -1.40. The number of nitrogens with one attached hydrogen (secondary N) is 1. The first kappa shape index (κ1) is 16.1. The number of fused-ring (bicyclic) bond motifs is 1. The van der Waals surface area contributed by atoms with Crippen molar-refractivity contribution >= 4 is 5.91 Å². The number of likely N-dealkylation sites (N-methyl/N-ethyl adjacent to an activating group) is 1. The number of nitrogens with zero attached hydrogens (tertiary/aromatic N) is 4. The number of carbonyl (C=O) groups is 1. The Morgan fingerprint density at radius 1 is 1.12 bits per heavy atom. The molecular weight excluding hydrogens is 302 g/mol. The smallest absolute Gasteiger partial charge is 0.236 e. The minimum absolute atomic E-state index is 0.284. The summed E-state index contributed by atoms with van der Waals surface area (Å²) in [5, 5.41) is 0. The molecule has 2 aliphatic heterocycles. The number of H-pyrrole nitrogens is 1. The summed E-state index contributed by atoms with van der Waals surface area (Å²) < 4.78 is 0. The Labute approximate surface area is 144 Å². The number of amides is 1. The van der Waals surface area contributed by atoms with Crippen molar-refractivity contribution in [2.75, 3.05) is 46.3 Å². The minimum atomic E-state index is 0.284. The standard InChI is InChI=1S/C18H29N5O/c1-21-9-11-22(12-10-21)17(24)13-23-8-4-7-16(23)18-19-14-5-2-3-6-15(14)20-18/h16H,2-13H2,1H3,(H,19,20)/t16-/m0/s1. The van der Waals surface area contributed by atoms with Gasteiger partial charge in [-0.25, -0.2) is 4.98 Å². The number of hydrogen-bond acceptors (Lipinski definition) is 4. The van der Waals surface area contributed by atoms with Gasteiger partial charge >= 0.3 is 0 Å². The monoisotopic (exact) mass is 331 g/mol. The van der Waals surface area contributed by atoms with Crippen molar-refractivity contribution in [3.63, 3.8) is 0 Å². The lowest BCUT2D eigenvalue weighted by Crippen LogP contribution is -2.50. The first-order valence-electron chi connectivity index (χ1n) is 9.49. The molecule has 1 aromatic heterocycles. The Kier molecular flexibility index (Phi) is 4.59. The fourth-order valence-corrected chi connectivity index (χ4v) is 4.29. The second-order valence-corrected chi connectivity index (χ2v) is 7.57. The van der Waals surface area contributed by atoms with Crippen molar-refractivity contribution in [3.05, 3.63) is 17.2 Å². The molecule has 1 aliphatic carbocycles. The molecule has 1 atom stereocenters. The van der Waals surface area contributed by atoms with E-state index < -0.39 is 0 Å². The molecule has 3 heterocycles. The fourth-order valence-electron chi connectivity index (χ4n) is 4.29. The summed E-state index contributed by atoms with van der Waals surface area (Å²) in [6.45, 7) is 5.25. The molecule has 6 heteroatoms. The highest BCUT2D eigenvalue weighted by molar-refractivity contribution is 5.78. The maximum atomic E-state index is 12.7. The van der Waals surface area contributed by atoms with Gasteiger partial charge in [-0.05, 0) is 52.1 Å². The van der Waals surface area contributed by atoms with Crippen LogP contribution >= 0.6 is 0 Å². The number of piperazine rings is 1. The van der Waals surface area contributed by atoms with Crippen molar-refractivity contribution < 1.29 is 4.79 Å². The number of likely N-dealkylation sites (tertiary alicyclic amines) is 1. The van der Waals surface area contributed by atoms with Crippen LogP contribution in [0.2, 0.25) is 0 Å². The van der Waals surface area contributed by atoms with Crippen LogP contribution in [0, 0.1) is 0 Å². The van der Waals surface area contributed by atoms with E-state index in [1.165, 1.54) is 24.2 Å². The zero-order chi connectivity index (χ0) is 16.5. The number of imidazole rings is 1. The molecule has 24 heavy (non-hydrogen) atoms. The average molecular weight is 331 g/mol. The topological polar surface area (TPSA) is 55.5 Å². The van der Waals surface area contributed by atoms with E-state index in [0.717, 1.165) is 64.2 Å². The first-order valence-corrected chi connectivity index (χ1v) is 9.49. The third kappa shape index (κ3) is 3.22. The highest BCUT2D eigenvalue weighted by atomic mass is 16.2. The zero-order valence-electron chi connectivity index (χ0n) is 14.8. The number of rotatable bonds is 3. The highest BCUT2D eigenvalue weighted by Crippen LogP contribution is 2.32. The second-order valence-electron chi connectivity index (χ2n) is 7.57. The molecule has 0 unspecified atom stereocenters. The van der Waals surface area contributed by atoms with Gasteiger partial charge in [0.2, 0.25) is 5.91 Å². The molecule has 1 amide bonds. The van der Waals surface area contributed by atoms with Gasteiger partial charge in [0.05, 0.1) is 18.3 Å². The fraction of sp³-hybridized carbons (Fsp3) is 0.778. The van der Waals surface area contributed by atoms with Gasteiger partial charge in [-0.15, -0.1) is 0 Å². The van der Waals surface area contributed by atoms with Crippen molar-refractivity contribution in [2.24, 2.45) is 0 Å². The molecule has 132 valence electrons. The van der Waals surface area contributed by atoms with Gasteiger partial charge < -0.3 is 14.8 Å². The third-order valence-electron chi connectivity index (χ3n) is 5.85. The van der Waals surface area contributed by atoms with Gasteiger partial charge in [0.1, 0.15) is 5.82 Å². The van der Waals surface area contributed by atoms with E-state index in [1.807, 2.05) is 4.90 Å². The quantitative estimate of drug-likeness (QED) is 0.904. The van der Waals surface area contributed by atoms with E-state index >= 15 is 0 Å². The van der Waals surface area contributed by atoms with Crippen LogP contribution in [0.5, 0.6) is 0 Å². The SMILES string of the molecule is CN1CCN(C(=O)CN2CCC[C@H]2c2nc3c([nH]2)CCCC3)CC1. The van der Waals surface area contributed by atoms with Crippen LogP contribution < -0.4 is 0 Å². The summed E-state index contributed by atoms with van der Waals surface area (Å²) in [5.41, 5.74) is 2.61. The Balaban J connectivity index is 1.41. The molecular formula is C18H29N5O. The van der Waals surface area contributed by atoms with Gasteiger partial charge in [-0.3, -0.25) is 9.69 Å². The zero-order valence-corrected chi connectivity index (χ0v) is 14.8. The Morgan fingerprint density at radius 3 is 2.71 bits per heavy atom. The predicted octanol–water partition coefficient (Wildman–Crippen LogP) is 1.20. The van der Waals surface area contributed by atoms with Crippen LogP contribution in [0.15, 0.2) is 0 Å². The molecule has 2 fully saturated rings.